The first-order chi connectivity index (χ1) is 10.0. The number of ketones is 1. The van der Waals surface area contributed by atoms with Gasteiger partial charge in [0.15, 0.2) is 5.78 Å². The van der Waals surface area contributed by atoms with E-state index in [0.717, 1.165) is 29.7 Å². The Morgan fingerprint density at radius 3 is 2.05 bits per heavy atom. The first kappa shape index (κ1) is 13.9. The van der Waals surface area contributed by atoms with Gasteiger partial charge in [0.2, 0.25) is 0 Å². The fourth-order valence-corrected chi connectivity index (χ4v) is 2.87. The number of hydrogen-bond acceptors (Lipinski definition) is 2. The molecule has 1 aliphatic rings. The standard InChI is InChI=1S/C19H21NO/c1-13(2)14-3-5-15(6-4-14)18(21)19(11-12-19)16-7-9-17(20)10-8-16/h3-10,13H,11-12,20H2,1-2H3. The van der Waals surface area contributed by atoms with Crippen LogP contribution in [0.25, 0.3) is 0 Å². The normalized spacial score (nSPS) is 16.0. The van der Waals surface area contributed by atoms with Crippen LogP contribution in [0, 0.1) is 0 Å². The Morgan fingerprint density at radius 1 is 1.00 bits per heavy atom. The number of benzene rings is 2. The molecule has 2 N–H and O–H groups in total. The number of Topliss-reactive ketones (excluding diaryl/α,β-unsaturated/α-hetero) is 1. The van der Waals surface area contributed by atoms with Gasteiger partial charge in [0.1, 0.15) is 0 Å². The molecule has 1 aliphatic carbocycles. The van der Waals surface area contributed by atoms with Crippen molar-refractivity contribution in [2.45, 2.75) is 38.0 Å². The van der Waals surface area contributed by atoms with Gasteiger partial charge in [-0.3, -0.25) is 4.79 Å². The molecule has 0 bridgehead atoms. The average Bonchev–Trinajstić information content (AvgIpc) is 3.29. The number of nitrogens with two attached hydrogens (primary N) is 1. The molecule has 21 heavy (non-hydrogen) atoms. The number of carbonyl (C=O) groups is 1. The first-order valence-corrected chi connectivity index (χ1v) is 7.54. The molecule has 0 saturated heterocycles. The van der Waals surface area contributed by atoms with Gasteiger partial charge in [0, 0.05) is 11.3 Å². The molecular weight excluding hydrogens is 258 g/mol. The molecule has 2 aromatic carbocycles. The molecular formula is C19H21NO. The van der Waals surface area contributed by atoms with Gasteiger partial charge in [-0.2, -0.15) is 0 Å². The Balaban J connectivity index is 1.89. The highest BCUT2D eigenvalue weighted by molar-refractivity contribution is 6.06. The Morgan fingerprint density at radius 2 is 1.57 bits per heavy atom. The van der Waals surface area contributed by atoms with Crippen molar-refractivity contribution in [1.82, 2.24) is 0 Å². The summed E-state index contributed by atoms with van der Waals surface area (Å²) in [6.45, 7) is 4.32. The molecule has 3 rings (SSSR count). The maximum atomic E-state index is 12.9. The van der Waals surface area contributed by atoms with Crippen LogP contribution in [0.1, 0.15) is 54.1 Å². The molecule has 0 aliphatic heterocycles. The lowest BCUT2D eigenvalue weighted by Crippen LogP contribution is -2.20. The fraction of sp³-hybridized carbons (Fsp3) is 0.316. The van der Waals surface area contributed by atoms with Gasteiger partial charge >= 0.3 is 0 Å². The van der Waals surface area contributed by atoms with Crippen LogP contribution in [0.2, 0.25) is 0 Å². The molecule has 0 heterocycles. The molecule has 2 heteroatoms. The maximum Gasteiger partial charge on any atom is 0.173 e. The number of nitrogen functional groups attached to an aromatic ring is 1. The lowest BCUT2D eigenvalue weighted by Gasteiger charge is -2.15. The molecule has 0 radical (unpaired) electrons. The predicted octanol–water partition coefficient (Wildman–Crippen LogP) is 4.31. The van der Waals surface area contributed by atoms with Gasteiger partial charge in [-0.25, -0.2) is 0 Å². The van der Waals surface area contributed by atoms with Crippen molar-refractivity contribution in [3.05, 3.63) is 65.2 Å². The number of hydrogen-bond donors (Lipinski definition) is 1. The third-order valence-corrected chi connectivity index (χ3v) is 4.49. The van der Waals surface area contributed by atoms with Crippen LogP contribution in [-0.2, 0) is 5.41 Å². The van der Waals surface area contributed by atoms with Gasteiger partial charge < -0.3 is 5.73 Å². The summed E-state index contributed by atoms with van der Waals surface area (Å²) in [7, 11) is 0. The van der Waals surface area contributed by atoms with Gasteiger partial charge in [-0.1, -0.05) is 50.2 Å². The third kappa shape index (κ3) is 2.46. The maximum absolute atomic E-state index is 12.9. The zero-order valence-electron chi connectivity index (χ0n) is 12.6. The predicted molar refractivity (Wildman–Crippen MR) is 86.6 cm³/mol. The van der Waals surface area contributed by atoms with Crippen molar-refractivity contribution >= 4 is 11.5 Å². The Labute approximate surface area is 126 Å². The molecule has 0 atom stereocenters. The van der Waals surface area contributed by atoms with E-state index in [1.165, 1.54) is 5.56 Å². The van der Waals surface area contributed by atoms with E-state index >= 15 is 0 Å². The minimum Gasteiger partial charge on any atom is -0.399 e. The van der Waals surface area contributed by atoms with Crippen LogP contribution in [-0.4, -0.2) is 5.78 Å². The fourth-order valence-electron chi connectivity index (χ4n) is 2.87. The van der Waals surface area contributed by atoms with Crippen molar-refractivity contribution in [3.8, 4) is 0 Å². The van der Waals surface area contributed by atoms with Gasteiger partial charge in [0.25, 0.3) is 0 Å². The summed E-state index contributed by atoms with van der Waals surface area (Å²) in [5.41, 5.74) is 9.34. The summed E-state index contributed by atoms with van der Waals surface area (Å²) >= 11 is 0. The van der Waals surface area contributed by atoms with Crippen LogP contribution in [0.4, 0.5) is 5.69 Å². The minimum absolute atomic E-state index is 0.238. The van der Waals surface area contributed by atoms with Gasteiger partial charge in [-0.05, 0) is 42.0 Å². The SMILES string of the molecule is CC(C)c1ccc(C(=O)C2(c3ccc(N)cc3)CC2)cc1. The van der Waals surface area contributed by atoms with E-state index in [2.05, 4.69) is 26.0 Å². The van der Waals surface area contributed by atoms with E-state index in [4.69, 9.17) is 5.73 Å². The van der Waals surface area contributed by atoms with Crippen molar-refractivity contribution in [2.24, 2.45) is 0 Å². The Hall–Kier alpha value is -2.09. The van der Waals surface area contributed by atoms with E-state index in [-0.39, 0.29) is 11.2 Å². The highest BCUT2D eigenvalue weighted by atomic mass is 16.1. The second kappa shape index (κ2) is 5.03. The largest absolute Gasteiger partial charge is 0.399 e. The summed E-state index contributed by atoms with van der Waals surface area (Å²) in [4.78, 5) is 12.9. The summed E-state index contributed by atoms with van der Waals surface area (Å²) in [5, 5.41) is 0. The van der Waals surface area contributed by atoms with Crippen molar-refractivity contribution in [1.29, 1.82) is 0 Å². The lowest BCUT2D eigenvalue weighted by molar-refractivity contribution is 0.0946. The summed E-state index contributed by atoms with van der Waals surface area (Å²) in [6.07, 6.45) is 1.86. The minimum atomic E-state index is -0.312. The molecule has 1 fully saturated rings. The smallest absolute Gasteiger partial charge is 0.173 e. The van der Waals surface area contributed by atoms with Gasteiger partial charge in [0.05, 0.1) is 5.41 Å². The molecule has 2 aromatic rings. The van der Waals surface area contributed by atoms with E-state index in [1.807, 2.05) is 36.4 Å². The van der Waals surface area contributed by atoms with E-state index in [9.17, 15) is 4.79 Å². The van der Waals surface area contributed by atoms with Crippen molar-refractivity contribution in [2.75, 3.05) is 5.73 Å². The van der Waals surface area contributed by atoms with Gasteiger partial charge in [-0.15, -0.1) is 0 Å². The number of carbonyl (C=O) groups excluding carboxylic acids is 1. The number of anilines is 1. The highest BCUT2D eigenvalue weighted by Crippen LogP contribution is 2.50. The highest BCUT2D eigenvalue weighted by Gasteiger charge is 2.51. The Kier molecular flexibility index (Phi) is 3.32. The first-order valence-electron chi connectivity index (χ1n) is 7.54. The van der Waals surface area contributed by atoms with E-state index in [1.54, 1.807) is 0 Å². The van der Waals surface area contributed by atoms with Crippen LogP contribution >= 0.6 is 0 Å². The topological polar surface area (TPSA) is 43.1 Å². The van der Waals surface area contributed by atoms with Crippen LogP contribution < -0.4 is 5.73 Å². The molecule has 108 valence electrons. The van der Waals surface area contributed by atoms with Crippen LogP contribution in [0.3, 0.4) is 0 Å². The monoisotopic (exact) mass is 279 g/mol. The summed E-state index contributed by atoms with van der Waals surface area (Å²) in [5.74, 6) is 0.726. The molecule has 0 aromatic heterocycles. The van der Waals surface area contributed by atoms with E-state index < -0.39 is 0 Å². The van der Waals surface area contributed by atoms with Crippen LogP contribution in [0.5, 0.6) is 0 Å². The average molecular weight is 279 g/mol. The molecule has 0 amide bonds. The van der Waals surface area contributed by atoms with Crippen molar-refractivity contribution < 1.29 is 4.79 Å². The Bertz CT molecular complexity index is 649. The zero-order valence-corrected chi connectivity index (χ0v) is 12.6. The summed E-state index contributed by atoms with van der Waals surface area (Å²) < 4.78 is 0. The molecule has 2 nitrogen and oxygen atoms in total. The molecule has 0 spiro atoms. The van der Waals surface area contributed by atoms with E-state index in [0.29, 0.717) is 5.92 Å². The zero-order chi connectivity index (χ0) is 15.0. The second-order valence-corrected chi connectivity index (χ2v) is 6.31. The quantitative estimate of drug-likeness (QED) is 0.669. The summed E-state index contributed by atoms with van der Waals surface area (Å²) in [6, 6.07) is 15.8. The van der Waals surface area contributed by atoms with Crippen molar-refractivity contribution in [3.63, 3.8) is 0 Å². The molecule has 0 unspecified atom stereocenters. The number of rotatable bonds is 4. The van der Waals surface area contributed by atoms with Crippen LogP contribution in [0.15, 0.2) is 48.5 Å². The second-order valence-electron chi connectivity index (χ2n) is 6.31. The molecule has 1 saturated carbocycles. The lowest BCUT2D eigenvalue weighted by atomic mass is 9.87. The third-order valence-electron chi connectivity index (χ3n) is 4.49.